The number of carbonyl (C=O) groups excluding carboxylic acids is 2. The minimum absolute atomic E-state index is 0.0189. The van der Waals surface area contributed by atoms with Gasteiger partial charge < -0.3 is 10.7 Å². The second-order valence-corrected chi connectivity index (χ2v) is 7.67. The van der Waals surface area contributed by atoms with Crippen molar-refractivity contribution < 1.29 is 14.0 Å². The molecule has 7 heteroatoms. The van der Waals surface area contributed by atoms with Crippen LogP contribution in [-0.4, -0.2) is 16.6 Å². The fourth-order valence-electron chi connectivity index (χ4n) is 3.39. The van der Waals surface area contributed by atoms with Crippen LogP contribution in [0.3, 0.4) is 0 Å². The van der Waals surface area contributed by atoms with Gasteiger partial charge in [0.2, 0.25) is 5.78 Å². The van der Waals surface area contributed by atoms with E-state index in [2.05, 4.69) is 4.98 Å². The summed E-state index contributed by atoms with van der Waals surface area (Å²) in [4.78, 5) is 29.4. The summed E-state index contributed by atoms with van der Waals surface area (Å²) < 4.78 is 13.7. The molecule has 4 nitrogen and oxygen atoms in total. The second kappa shape index (κ2) is 8.38. The Bertz CT molecular complexity index is 1320. The van der Waals surface area contributed by atoms with Crippen LogP contribution in [0.2, 0.25) is 10.0 Å². The van der Waals surface area contributed by atoms with Gasteiger partial charge in [0, 0.05) is 32.3 Å². The van der Waals surface area contributed by atoms with E-state index in [1.807, 2.05) is 0 Å². The molecule has 0 aliphatic carbocycles. The first-order valence-electron chi connectivity index (χ1n) is 9.23. The molecule has 4 rings (SSSR count). The summed E-state index contributed by atoms with van der Waals surface area (Å²) in [6.45, 7) is 0. The Balaban J connectivity index is 1.98. The van der Waals surface area contributed by atoms with E-state index in [1.165, 1.54) is 24.3 Å². The smallest absolute Gasteiger partial charge is 0.209 e. The standard InChI is InChI=1S/C24H15Cl2FN2O2/c25-15-9-10-17(18(26)12-15)19-20(22(30)14-7-4-8-16(27)11-14)24(28)29-21(19)23(31)13-5-2-1-3-6-13/h1-12,29H,28H2. The molecule has 0 spiro atoms. The molecule has 0 bridgehead atoms. The highest BCUT2D eigenvalue weighted by Crippen LogP contribution is 2.39. The van der Waals surface area contributed by atoms with Crippen molar-refractivity contribution in [1.82, 2.24) is 4.98 Å². The fourth-order valence-corrected chi connectivity index (χ4v) is 3.90. The van der Waals surface area contributed by atoms with E-state index in [-0.39, 0.29) is 39.0 Å². The van der Waals surface area contributed by atoms with Crippen molar-refractivity contribution in [2.75, 3.05) is 5.73 Å². The van der Waals surface area contributed by atoms with Gasteiger partial charge in [0.15, 0.2) is 5.78 Å². The third-order valence-electron chi connectivity index (χ3n) is 4.81. The zero-order valence-electron chi connectivity index (χ0n) is 16.0. The zero-order chi connectivity index (χ0) is 22.1. The molecule has 0 radical (unpaired) electrons. The van der Waals surface area contributed by atoms with Gasteiger partial charge in [-0.1, -0.05) is 71.7 Å². The molecule has 0 fully saturated rings. The lowest BCUT2D eigenvalue weighted by Crippen LogP contribution is -2.07. The summed E-state index contributed by atoms with van der Waals surface area (Å²) in [6, 6.07) is 18.5. The Hall–Kier alpha value is -3.41. The second-order valence-electron chi connectivity index (χ2n) is 6.82. The van der Waals surface area contributed by atoms with Gasteiger partial charge in [0.1, 0.15) is 11.6 Å². The van der Waals surface area contributed by atoms with Crippen LogP contribution < -0.4 is 5.73 Å². The number of halogens is 3. The van der Waals surface area contributed by atoms with Crippen molar-refractivity contribution >= 4 is 40.6 Å². The van der Waals surface area contributed by atoms with Crippen LogP contribution in [0.1, 0.15) is 32.0 Å². The van der Waals surface area contributed by atoms with E-state index >= 15 is 0 Å². The average Bonchev–Trinajstić information content (AvgIpc) is 3.10. The summed E-state index contributed by atoms with van der Waals surface area (Å²) in [5.74, 6) is -1.49. The lowest BCUT2D eigenvalue weighted by molar-refractivity contribution is 0.103. The van der Waals surface area contributed by atoms with Crippen molar-refractivity contribution in [3.05, 3.63) is 111 Å². The molecular weight excluding hydrogens is 438 g/mol. The van der Waals surface area contributed by atoms with Gasteiger partial charge in [-0.15, -0.1) is 0 Å². The zero-order valence-corrected chi connectivity index (χ0v) is 17.5. The van der Waals surface area contributed by atoms with Crippen LogP contribution in [0.5, 0.6) is 0 Å². The summed E-state index contributed by atoms with van der Waals surface area (Å²) >= 11 is 12.5. The third-order valence-corrected chi connectivity index (χ3v) is 5.35. The Labute approximate surface area is 187 Å². The predicted molar refractivity (Wildman–Crippen MR) is 120 cm³/mol. The number of anilines is 1. The van der Waals surface area contributed by atoms with Crippen LogP contribution in [-0.2, 0) is 0 Å². The monoisotopic (exact) mass is 452 g/mol. The molecule has 0 saturated heterocycles. The van der Waals surface area contributed by atoms with Crippen molar-refractivity contribution in [3.63, 3.8) is 0 Å². The average molecular weight is 453 g/mol. The number of benzene rings is 3. The number of nitrogens with one attached hydrogen (secondary N) is 1. The Kier molecular flexibility index (Phi) is 5.63. The quantitative estimate of drug-likeness (QED) is 0.355. The predicted octanol–water partition coefficient (Wildman–Crippen LogP) is 6.17. The highest BCUT2D eigenvalue weighted by atomic mass is 35.5. The van der Waals surface area contributed by atoms with E-state index in [0.29, 0.717) is 16.1 Å². The normalized spacial score (nSPS) is 10.8. The molecule has 0 saturated carbocycles. The van der Waals surface area contributed by atoms with Crippen LogP contribution in [0.25, 0.3) is 11.1 Å². The van der Waals surface area contributed by atoms with E-state index in [0.717, 1.165) is 6.07 Å². The van der Waals surface area contributed by atoms with Crippen LogP contribution >= 0.6 is 23.2 Å². The largest absolute Gasteiger partial charge is 0.385 e. The van der Waals surface area contributed by atoms with E-state index in [4.69, 9.17) is 28.9 Å². The van der Waals surface area contributed by atoms with Gasteiger partial charge in [-0.2, -0.15) is 0 Å². The maximum absolute atomic E-state index is 13.7. The van der Waals surface area contributed by atoms with Gasteiger partial charge in [0.05, 0.1) is 11.3 Å². The molecule has 0 aliphatic rings. The van der Waals surface area contributed by atoms with Crippen molar-refractivity contribution in [2.24, 2.45) is 0 Å². The summed E-state index contributed by atoms with van der Waals surface area (Å²) in [5.41, 5.74) is 7.44. The van der Waals surface area contributed by atoms with Crippen molar-refractivity contribution in [1.29, 1.82) is 0 Å². The maximum atomic E-state index is 13.7. The first-order chi connectivity index (χ1) is 14.9. The molecule has 0 aliphatic heterocycles. The molecule has 1 heterocycles. The highest BCUT2D eigenvalue weighted by Gasteiger charge is 2.29. The SMILES string of the molecule is Nc1[nH]c(C(=O)c2ccccc2)c(-c2ccc(Cl)cc2Cl)c1C(=O)c1cccc(F)c1. The molecular formula is C24H15Cl2FN2O2. The third kappa shape index (κ3) is 3.98. The molecule has 1 aromatic heterocycles. The van der Waals surface area contributed by atoms with Crippen LogP contribution in [0.15, 0.2) is 72.8 Å². The van der Waals surface area contributed by atoms with Crippen LogP contribution in [0, 0.1) is 5.82 Å². The van der Waals surface area contributed by atoms with Crippen LogP contribution in [0.4, 0.5) is 10.2 Å². The number of ketones is 2. The first-order valence-corrected chi connectivity index (χ1v) is 9.99. The number of carbonyl (C=O) groups is 2. The Morgan fingerprint density at radius 1 is 0.839 bits per heavy atom. The van der Waals surface area contributed by atoms with Gasteiger partial charge in [-0.25, -0.2) is 4.39 Å². The van der Waals surface area contributed by atoms with Gasteiger partial charge >= 0.3 is 0 Å². The number of nitrogen functional groups attached to an aromatic ring is 1. The molecule has 3 aromatic carbocycles. The lowest BCUT2D eigenvalue weighted by Gasteiger charge is -2.10. The summed E-state index contributed by atoms with van der Waals surface area (Å²) in [7, 11) is 0. The summed E-state index contributed by atoms with van der Waals surface area (Å²) in [6.07, 6.45) is 0. The fraction of sp³-hybridized carbons (Fsp3) is 0. The number of hydrogen-bond acceptors (Lipinski definition) is 3. The Morgan fingerprint density at radius 3 is 2.23 bits per heavy atom. The molecule has 0 atom stereocenters. The minimum Gasteiger partial charge on any atom is -0.385 e. The number of aromatic amines is 1. The molecule has 0 amide bonds. The molecule has 31 heavy (non-hydrogen) atoms. The molecule has 3 N–H and O–H groups in total. The first kappa shape index (κ1) is 20.8. The minimum atomic E-state index is -0.563. The number of nitrogens with two attached hydrogens (primary N) is 1. The topological polar surface area (TPSA) is 76.0 Å². The van der Waals surface area contributed by atoms with E-state index < -0.39 is 11.6 Å². The number of H-pyrrole nitrogens is 1. The Morgan fingerprint density at radius 2 is 1.55 bits per heavy atom. The van der Waals surface area contributed by atoms with Crippen molar-refractivity contribution in [2.45, 2.75) is 0 Å². The number of aromatic nitrogens is 1. The van der Waals surface area contributed by atoms with Gasteiger partial charge in [-0.3, -0.25) is 9.59 Å². The molecule has 0 unspecified atom stereocenters. The maximum Gasteiger partial charge on any atom is 0.209 e. The molecule has 154 valence electrons. The van der Waals surface area contributed by atoms with E-state index in [1.54, 1.807) is 42.5 Å². The lowest BCUT2D eigenvalue weighted by atomic mass is 9.93. The number of hydrogen-bond donors (Lipinski definition) is 2. The molecule has 4 aromatic rings. The van der Waals surface area contributed by atoms with Gasteiger partial charge in [0.25, 0.3) is 0 Å². The highest BCUT2D eigenvalue weighted by molar-refractivity contribution is 6.37. The van der Waals surface area contributed by atoms with Gasteiger partial charge in [-0.05, 0) is 24.3 Å². The van der Waals surface area contributed by atoms with E-state index in [9.17, 15) is 14.0 Å². The van der Waals surface area contributed by atoms with Crippen molar-refractivity contribution in [3.8, 4) is 11.1 Å². The summed E-state index contributed by atoms with van der Waals surface area (Å²) in [5, 5.41) is 0.633. The number of rotatable bonds is 5.